The van der Waals surface area contributed by atoms with Crippen LogP contribution >= 0.6 is 63.7 Å². The molecule has 7 aromatic rings. The molecule has 3 heterocycles. The molecule has 4 aromatic carbocycles. The van der Waals surface area contributed by atoms with E-state index >= 15 is 0 Å². The molecule has 0 aliphatic rings. The molecule has 0 unspecified atom stereocenters. The lowest BCUT2D eigenvalue weighted by Gasteiger charge is -2.02. The molecule has 0 amide bonds. The highest BCUT2D eigenvalue weighted by Crippen LogP contribution is 2.28. The molecule has 0 aliphatic carbocycles. The second-order valence-corrected chi connectivity index (χ2v) is 13.9. The number of carbonyl (C=O) groups excluding carboxylic acids is 1. The number of H-pyrrole nitrogens is 1. The SMILES string of the molecule is Cn1nnn(-c2cc([N+](=O)[O-])c(F)cc2Br)c1=O.Cn1nnn(-c2ccc(F)cc2Br)c1=O.O=C=Nc1ccc(F)cc1Br.O=c1[nH]nnn1-c1ccc(F)cc1Br. The van der Waals surface area contributed by atoms with E-state index in [2.05, 4.69) is 105 Å². The van der Waals surface area contributed by atoms with Crippen molar-refractivity contribution in [3.05, 3.63) is 149 Å². The standard InChI is InChI=1S/C8H5BrFN5O3.C8H6BrFN4O.C7H4BrFN4O.C7H3BrFNO/c1-13-8(16)14(12-11-13)6-3-7(15(17)18)5(10)2-4(6)9;1-13-8(15)14(12-11-13)7-3-2-5(10)4-6(7)9;8-5-3-4(9)1-2-6(5)13-7(14)10-11-12-13;8-6-3-5(9)1-2-7(6)10-4-11/h2-3H,1H3;2-4H,1H3;1-3H,(H,10,12,14);1-3H. The molecular formula is C30H18Br4F4N14O6. The van der Waals surface area contributed by atoms with Gasteiger partial charge in [-0.25, -0.2) is 37.4 Å². The summed E-state index contributed by atoms with van der Waals surface area (Å²) in [6.45, 7) is 0. The van der Waals surface area contributed by atoms with Crippen LogP contribution < -0.4 is 17.1 Å². The lowest BCUT2D eigenvalue weighted by atomic mass is 10.2. The van der Waals surface area contributed by atoms with Crippen molar-refractivity contribution in [1.82, 2.24) is 59.8 Å². The lowest BCUT2D eigenvalue weighted by Crippen LogP contribution is -2.22. The minimum absolute atomic E-state index is 0.0428. The van der Waals surface area contributed by atoms with Crippen LogP contribution in [0.5, 0.6) is 0 Å². The monoisotopic (exact) mass is 1060 g/mol. The summed E-state index contributed by atoms with van der Waals surface area (Å²) in [4.78, 5) is 57.1. The van der Waals surface area contributed by atoms with Crippen LogP contribution in [0.1, 0.15) is 0 Å². The second-order valence-electron chi connectivity index (χ2n) is 10.5. The van der Waals surface area contributed by atoms with Crippen LogP contribution in [-0.4, -0.2) is 70.8 Å². The fourth-order valence-electron chi connectivity index (χ4n) is 4.04. The van der Waals surface area contributed by atoms with E-state index in [1.165, 1.54) is 74.8 Å². The smallest absolute Gasteiger partial charge is 0.258 e. The Morgan fingerprint density at radius 2 is 1.12 bits per heavy atom. The van der Waals surface area contributed by atoms with E-state index in [-0.39, 0.29) is 27.5 Å². The molecule has 300 valence electrons. The zero-order chi connectivity index (χ0) is 42.8. The fourth-order valence-corrected chi connectivity index (χ4v) is 6.00. The van der Waals surface area contributed by atoms with Gasteiger partial charge in [0.05, 0.1) is 27.7 Å². The van der Waals surface area contributed by atoms with Gasteiger partial charge in [-0.15, -0.1) is 0 Å². The summed E-state index contributed by atoms with van der Waals surface area (Å²) >= 11 is 12.3. The predicted octanol–water partition coefficient (Wildman–Crippen LogP) is 5.06. The Morgan fingerprint density at radius 1 is 0.655 bits per heavy atom. The van der Waals surface area contributed by atoms with Crippen molar-refractivity contribution < 1.29 is 27.3 Å². The number of hydrogen-bond donors (Lipinski definition) is 1. The molecule has 58 heavy (non-hydrogen) atoms. The van der Waals surface area contributed by atoms with Gasteiger partial charge in [0.15, 0.2) is 0 Å². The van der Waals surface area contributed by atoms with E-state index in [0.29, 0.717) is 30.5 Å². The predicted molar refractivity (Wildman–Crippen MR) is 207 cm³/mol. The van der Waals surface area contributed by atoms with Gasteiger partial charge in [0, 0.05) is 38.1 Å². The molecule has 28 heteroatoms. The summed E-state index contributed by atoms with van der Waals surface area (Å²) < 4.78 is 57.7. The van der Waals surface area contributed by atoms with Gasteiger partial charge in [0.25, 0.3) is 0 Å². The maximum Gasteiger partial charge on any atom is 0.368 e. The van der Waals surface area contributed by atoms with Gasteiger partial charge in [0.1, 0.15) is 17.5 Å². The Morgan fingerprint density at radius 3 is 1.53 bits per heavy atom. The van der Waals surface area contributed by atoms with Gasteiger partial charge in [-0.05, 0) is 156 Å². The third-order valence-corrected chi connectivity index (χ3v) is 9.25. The Kier molecular flexibility index (Phi) is 15.3. The van der Waals surface area contributed by atoms with Crippen molar-refractivity contribution in [2.45, 2.75) is 0 Å². The summed E-state index contributed by atoms with van der Waals surface area (Å²) in [5.74, 6) is -2.16. The molecule has 0 saturated heterocycles. The molecule has 3 aromatic heterocycles. The summed E-state index contributed by atoms with van der Waals surface area (Å²) in [6.07, 6.45) is 1.37. The van der Waals surface area contributed by atoms with E-state index in [1.54, 1.807) is 0 Å². The number of aromatic nitrogens is 12. The molecule has 0 fully saturated rings. The molecular weight excluding hydrogens is 1050 g/mol. The molecule has 20 nitrogen and oxygen atoms in total. The van der Waals surface area contributed by atoms with Crippen LogP contribution in [0.3, 0.4) is 0 Å². The molecule has 0 spiro atoms. The maximum atomic E-state index is 13.3. The molecule has 0 radical (unpaired) electrons. The molecule has 1 N–H and O–H groups in total. The highest BCUT2D eigenvalue weighted by Gasteiger charge is 2.20. The normalized spacial score (nSPS) is 10.2. The van der Waals surface area contributed by atoms with Crippen LogP contribution in [0.2, 0.25) is 0 Å². The number of nitro groups is 1. The first-order chi connectivity index (χ1) is 27.4. The van der Waals surface area contributed by atoms with Gasteiger partial charge in [-0.3, -0.25) is 10.1 Å². The van der Waals surface area contributed by atoms with E-state index in [0.717, 1.165) is 35.5 Å². The number of nitrogens with one attached hydrogen (secondary N) is 1. The average molecular weight is 1070 g/mol. The number of isocyanates is 1. The number of nitro benzene ring substituents is 1. The minimum Gasteiger partial charge on any atom is -0.258 e. The zero-order valence-electron chi connectivity index (χ0n) is 28.6. The van der Waals surface area contributed by atoms with Gasteiger partial charge in [-0.2, -0.15) is 32.8 Å². The molecule has 0 atom stereocenters. The highest BCUT2D eigenvalue weighted by atomic mass is 79.9. The number of nitrogens with zero attached hydrogens (tertiary/aromatic N) is 13. The number of rotatable bonds is 5. The van der Waals surface area contributed by atoms with E-state index in [4.69, 9.17) is 0 Å². The number of hydrogen-bond acceptors (Lipinski definition) is 13. The molecule has 0 aliphatic heterocycles. The Bertz CT molecular complexity index is 2850. The topological polar surface area (TPSA) is 242 Å². The number of aromatic amines is 1. The summed E-state index contributed by atoms with van der Waals surface area (Å²) in [7, 11) is 2.86. The number of benzene rings is 4. The first-order valence-electron chi connectivity index (χ1n) is 15.0. The lowest BCUT2D eigenvalue weighted by molar-refractivity contribution is -0.387. The highest BCUT2D eigenvalue weighted by molar-refractivity contribution is 9.11. The van der Waals surface area contributed by atoms with E-state index in [1.807, 2.05) is 0 Å². The Hall–Kier alpha value is -6.09. The van der Waals surface area contributed by atoms with Crippen LogP contribution in [0.25, 0.3) is 17.1 Å². The van der Waals surface area contributed by atoms with Gasteiger partial charge in [0.2, 0.25) is 11.9 Å². The Balaban J connectivity index is 0.000000173. The Labute approximate surface area is 352 Å². The first-order valence-corrected chi connectivity index (χ1v) is 18.2. The van der Waals surface area contributed by atoms with Crippen LogP contribution in [0, 0.1) is 33.4 Å². The average Bonchev–Trinajstić information content (AvgIpc) is 3.84. The van der Waals surface area contributed by atoms with Gasteiger partial charge >= 0.3 is 22.8 Å². The third-order valence-electron chi connectivity index (χ3n) is 6.71. The van der Waals surface area contributed by atoms with Crippen molar-refractivity contribution >= 4 is 81.2 Å². The zero-order valence-corrected chi connectivity index (χ0v) is 35.0. The minimum atomic E-state index is -1.01. The van der Waals surface area contributed by atoms with Crippen molar-refractivity contribution in [2.24, 2.45) is 19.1 Å². The van der Waals surface area contributed by atoms with E-state index in [9.17, 15) is 46.9 Å². The van der Waals surface area contributed by atoms with E-state index < -0.39 is 33.6 Å². The van der Waals surface area contributed by atoms with Crippen molar-refractivity contribution in [1.29, 1.82) is 0 Å². The third kappa shape index (κ3) is 11.1. The molecule has 0 bridgehead atoms. The van der Waals surface area contributed by atoms with Crippen LogP contribution in [0.4, 0.5) is 28.9 Å². The number of halogens is 8. The van der Waals surface area contributed by atoms with Crippen molar-refractivity contribution in [2.75, 3.05) is 0 Å². The van der Waals surface area contributed by atoms with Crippen LogP contribution in [0.15, 0.2) is 104 Å². The molecule has 7 rings (SSSR count). The number of aryl methyl sites for hydroxylation is 2. The maximum absolute atomic E-state index is 13.3. The number of aliphatic imine (C=N–C) groups is 1. The summed E-state index contributed by atoms with van der Waals surface area (Å²) in [5.41, 5.74) is -0.899. The number of tetrazole rings is 3. The largest absolute Gasteiger partial charge is 0.368 e. The summed E-state index contributed by atoms with van der Waals surface area (Å²) in [5, 5.41) is 33.8. The van der Waals surface area contributed by atoms with Gasteiger partial charge in [-0.1, -0.05) is 0 Å². The van der Waals surface area contributed by atoms with Crippen molar-refractivity contribution in [3.63, 3.8) is 0 Å². The fraction of sp³-hybridized carbons (Fsp3) is 0.0667. The van der Waals surface area contributed by atoms with Gasteiger partial charge < -0.3 is 0 Å². The van der Waals surface area contributed by atoms with Crippen LogP contribution in [-0.2, 0) is 18.9 Å². The quantitative estimate of drug-likeness (QED) is 0.0783. The summed E-state index contributed by atoms with van der Waals surface area (Å²) in [6, 6.07) is 13.5. The first kappa shape index (κ1) is 44.6. The second kappa shape index (κ2) is 19.9. The molecule has 0 saturated carbocycles. The van der Waals surface area contributed by atoms with Crippen molar-refractivity contribution in [3.8, 4) is 17.1 Å².